The SMILES string of the molecule is C=CCNc1nccn1Cc1cnn(C)c1. The van der Waals surface area contributed by atoms with Gasteiger partial charge in [0.25, 0.3) is 0 Å². The van der Waals surface area contributed by atoms with Crippen molar-refractivity contribution in [3.63, 3.8) is 0 Å². The highest BCUT2D eigenvalue weighted by atomic mass is 15.2. The Morgan fingerprint density at radius 2 is 2.44 bits per heavy atom. The standard InChI is InChI=1S/C11H15N5/c1-3-4-12-11-13-5-6-16(11)9-10-7-14-15(2)8-10/h3,5-8H,1,4,9H2,2H3,(H,12,13). The molecule has 1 N–H and O–H groups in total. The predicted molar refractivity (Wildman–Crippen MR) is 63.2 cm³/mol. The summed E-state index contributed by atoms with van der Waals surface area (Å²) in [5, 5.41) is 7.31. The maximum Gasteiger partial charge on any atom is 0.203 e. The van der Waals surface area contributed by atoms with Crippen molar-refractivity contribution in [3.8, 4) is 0 Å². The fourth-order valence-electron chi connectivity index (χ4n) is 1.52. The smallest absolute Gasteiger partial charge is 0.203 e. The second kappa shape index (κ2) is 4.65. The number of aryl methyl sites for hydroxylation is 1. The molecule has 16 heavy (non-hydrogen) atoms. The summed E-state index contributed by atoms with van der Waals surface area (Å²) < 4.78 is 3.84. The lowest BCUT2D eigenvalue weighted by Gasteiger charge is -2.06. The fourth-order valence-corrected chi connectivity index (χ4v) is 1.52. The molecule has 0 aliphatic heterocycles. The molecule has 0 saturated heterocycles. The van der Waals surface area contributed by atoms with Gasteiger partial charge in [-0.15, -0.1) is 6.58 Å². The minimum absolute atomic E-state index is 0.712. The second-order valence-electron chi connectivity index (χ2n) is 3.57. The third-order valence-corrected chi connectivity index (χ3v) is 2.23. The van der Waals surface area contributed by atoms with E-state index in [2.05, 4.69) is 22.0 Å². The molecule has 2 heterocycles. The van der Waals surface area contributed by atoms with Gasteiger partial charge in [-0.25, -0.2) is 4.98 Å². The van der Waals surface area contributed by atoms with E-state index in [4.69, 9.17) is 0 Å². The number of imidazole rings is 1. The van der Waals surface area contributed by atoms with Gasteiger partial charge in [0, 0.05) is 37.7 Å². The van der Waals surface area contributed by atoms with Crippen LogP contribution in [0.2, 0.25) is 0 Å². The molecule has 0 radical (unpaired) electrons. The lowest BCUT2D eigenvalue weighted by molar-refractivity contribution is 0.762. The zero-order chi connectivity index (χ0) is 11.4. The lowest BCUT2D eigenvalue weighted by Crippen LogP contribution is -2.07. The number of hydrogen-bond acceptors (Lipinski definition) is 3. The van der Waals surface area contributed by atoms with Crippen LogP contribution in [0.4, 0.5) is 5.95 Å². The molecule has 0 unspecified atom stereocenters. The topological polar surface area (TPSA) is 47.7 Å². The predicted octanol–water partition coefficient (Wildman–Crippen LogP) is 1.26. The van der Waals surface area contributed by atoms with Gasteiger partial charge in [0.15, 0.2) is 0 Å². The molecule has 0 amide bonds. The quantitative estimate of drug-likeness (QED) is 0.767. The van der Waals surface area contributed by atoms with Gasteiger partial charge in [-0.2, -0.15) is 5.10 Å². The minimum Gasteiger partial charge on any atom is -0.352 e. The normalized spacial score (nSPS) is 10.3. The van der Waals surface area contributed by atoms with Crippen molar-refractivity contribution in [3.05, 3.63) is 43.0 Å². The molecule has 5 heteroatoms. The van der Waals surface area contributed by atoms with Gasteiger partial charge in [0.2, 0.25) is 5.95 Å². The lowest BCUT2D eigenvalue weighted by atomic mass is 10.3. The molecule has 84 valence electrons. The minimum atomic E-state index is 0.712. The van der Waals surface area contributed by atoms with Gasteiger partial charge in [-0.3, -0.25) is 4.68 Å². The Bertz CT molecular complexity index is 468. The van der Waals surface area contributed by atoms with Crippen molar-refractivity contribution in [1.82, 2.24) is 19.3 Å². The molecule has 0 aliphatic carbocycles. The van der Waals surface area contributed by atoms with E-state index in [1.165, 1.54) is 0 Å². The molecule has 0 aliphatic rings. The van der Waals surface area contributed by atoms with Gasteiger partial charge in [0.1, 0.15) is 0 Å². The van der Waals surface area contributed by atoms with Crippen molar-refractivity contribution < 1.29 is 0 Å². The van der Waals surface area contributed by atoms with Crippen LogP contribution in [0.3, 0.4) is 0 Å². The van der Waals surface area contributed by atoms with Crippen molar-refractivity contribution >= 4 is 5.95 Å². The molecule has 2 aromatic rings. The summed E-state index contributed by atoms with van der Waals surface area (Å²) in [4.78, 5) is 4.23. The molecule has 0 atom stereocenters. The van der Waals surface area contributed by atoms with Gasteiger partial charge >= 0.3 is 0 Å². The van der Waals surface area contributed by atoms with Crippen molar-refractivity contribution in [1.29, 1.82) is 0 Å². The number of hydrogen-bond donors (Lipinski definition) is 1. The third-order valence-electron chi connectivity index (χ3n) is 2.23. The zero-order valence-electron chi connectivity index (χ0n) is 9.30. The first-order chi connectivity index (χ1) is 7.79. The molecule has 0 aromatic carbocycles. The van der Waals surface area contributed by atoms with Gasteiger partial charge in [-0.1, -0.05) is 6.08 Å². The van der Waals surface area contributed by atoms with Gasteiger partial charge in [-0.05, 0) is 0 Å². The number of nitrogens with one attached hydrogen (secondary N) is 1. The van der Waals surface area contributed by atoms with E-state index in [0.29, 0.717) is 6.54 Å². The highest BCUT2D eigenvalue weighted by Crippen LogP contribution is 2.08. The fraction of sp³-hybridized carbons (Fsp3) is 0.273. The van der Waals surface area contributed by atoms with Gasteiger partial charge in [0.05, 0.1) is 12.7 Å². The third kappa shape index (κ3) is 2.31. The summed E-state index contributed by atoms with van der Waals surface area (Å²) in [5.41, 5.74) is 1.15. The van der Waals surface area contributed by atoms with Crippen LogP contribution in [0.25, 0.3) is 0 Å². The molecule has 0 fully saturated rings. The van der Waals surface area contributed by atoms with Crippen LogP contribution >= 0.6 is 0 Å². The van der Waals surface area contributed by atoms with Crippen LogP contribution in [-0.2, 0) is 13.6 Å². The molecule has 0 spiro atoms. The number of anilines is 1. The highest BCUT2D eigenvalue weighted by Gasteiger charge is 2.03. The Morgan fingerprint density at radius 3 is 3.12 bits per heavy atom. The number of nitrogens with zero attached hydrogens (tertiary/aromatic N) is 4. The Kier molecular flexibility index (Phi) is 3.05. The summed E-state index contributed by atoms with van der Waals surface area (Å²) in [6, 6.07) is 0. The number of rotatable bonds is 5. The molecular weight excluding hydrogens is 202 g/mol. The van der Waals surface area contributed by atoms with E-state index >= 15 is 0 Å². The average molecular weight is 217 g/mol. The van der Waals surface area contributed by atoms with Crippen molar-refractivity contribution in [2.75, 3.05) is 11.9 Å². The van der Waals surface area contributed by atoms with E-state index < -0.39 is 0 Å². The Morgan fingerprint density at radius 1 is 1.56 bits per heavy atom. The summed E-state index contributed by atoms with van der Waals surface area (Å²) in [7, 11) is 1.91. The van der Waals surface area contributed by atoms with E-state index in [9.17, 15) is 0 Å². The summed E-state index contributed by atoms with van der Waals surface area (Å²) >= 11 is 0. The van der Waals surface area contributed by atoms with Crippen LogP contribution in [-0.4, -0.2) is 25.9 Å². The van der Waals surface area contributed by atoms with E-state index in [1.54, 1.807) is 10.9 Å². The maximum absolute atomic E-state index is 4.23. The molecule has 2 rings (SSSR count). The number of aromatic nitrogens is 4. The van der Waals surface area contributed by atoms with E-state index in [1.807, 2.05) is 36.3 Å². The Balaban J connectivity index is 2.09. The first kappa shape index (κ1) is 10.5. The summed E-state index contributed by atoms with van der Waals surface area (Å²) in [6.45, 7) is 5.15. The Hall–Kier alpha value is -2.04. The Labute approximate surface area is 94.4 Å². The van der Waals surface area contributed by atoms with Crippen LogP contribution in [0, 0.1) is 0 Å². The van der Waals surface area contributed by atoms with Crippen LogP contribution < -0.4 is 5.32 Å². The van der Waals surface area contributed by atoms with Crippen molar-refractivity contribution in [2.24, 2.45) is 7.05 Å². The van der Waals surface area contributed by atoms with Gasteiger partial charge < -0.3 is 9.88 Å². The van der Waals surface area contributed by atoms with Crippen LogP contribution in [0.5, 0.6) is 0 Å². The highest BCUT2D eigenvalue weighted by molar-refractivity contribution is 5.28. The van der Waals surface area contributed by atoms with Crippen molar-refractivity contribution in [2.45, 2.75) is 6.54 Å². The van der Waals surface area contributed by atoms with Crippen LogP contribution in [0.1, 0.15) is 5.56 Å². The average Bonchev–Trinajstić information content (AvgIpc) is 2.86. The largest absolute Gasteiger partial charge is 0.352 e. The second-order valence-corrected chi connectivity index (χ2v) is 3.57. The van der Waals surface area contributed by atoms with E-state index in [-0.39, 0.29) is 0 Å². The van der Waals surface area contributed by atoms with E-state index in [0.717, 1.165) is 18.1 Å². The molecule has 5 nitrogen and oxygen atoms in total. The first-order valence-corrected chi connectivity index (χ1v) is 5.13. The van der Waals surface area contributed by atoms with Crippen LogP contribution in [0.15, 0.2) is 37.4 Å². The summed E-state index contributed by atoms with van der Waals surface area (Å²) in [6.07, 6.45) is 9.39. The molecular formula is C11H15N5. The first-order valence-electron chi connectivity index (χ1n) is 5.13. The zero-order valence-corrected chi connectivity index (χ0v) is 9.30. The monoisotopic (exact) mass is 217 g/mol. The summed E-state index contributed by atoms with van der Waals surface area (Å²) in [5.74, 6) is 0.851. The molecule has 2 aromatic heterocycles. The molecule has 0 saturated carbocycles. The maximum atomic E-state index is 4.23. The molecule has 0 bridgehead atoms.